The number of rotatable bonds is 6. The predicted octanol–water partition coefficient (Wildman–Crippen LogP) is 2.36. The van der Waals surface area contributed by atoms with E-state index in [0.717, 1.165) is 13.0 Å². The number of benzene rings is 1. The molecule has 4 nitrogen and oxygen atoms in total. The Bertz CT molecular complexity index is 520. The Morgan fingerprint density at radius 1 is 1.39 bits per heavy atom. The Morgan fingerprint density at radius 2 is 2.13 bits per heavy atom. The monoisotopic (exact) mass is 323 g/mol. The summed E-state index contributed by atoms with van der Waals surface area (Å²) in [4.78, 5) is 0. The molecule has 128 valence electrons. The van der Waals surface area contributed by atoms with Gasteiger partial charge in [0, 0.05) is 30.5 Å². The van der Waals surface area contributed by atoms with Gasteiger partial charge in [0.25, 0.3) is 0 Å². The highest BCUT2D eigenvalue weighted by Crippen LogP contribution is 2.51. The van der Waals surface area contributed by atoms with Crippen LogP contribution in [0.3, 0.4) is 0 Å². The van der Waals surface area contributed by atoms with Gasteiger partial charge in [-0.25, -0.2) is 4.39 Å². The van der Waals surface area contributed by atoms with Crippen LogP contribution in [0.15, 0.2) is 24.3 Å². The summed E-state index contributed by atoms with van der Waals surface area (Å²) in [5.74, 6) is 0.815. The second-order valence-electron chi connectivity index (χ2n) is 7.22. The van der Waals surface area contributed by atoms with Crippen LogP contribution in [0.2, 0.25) is 0 Å². The number of hydrogen-bond donors (Lipinski definition) is 2. The van der Waals surface area contributed by atoms with Crippen LogP contribution in [0.4, 0.5) is 4.39 Å². The molecule has 1 aliphatic carbocycles. The Balaban J connectivity index is 1.43. The lowest BCUT2D eigenvalue weighted by Crippen LogP contribution is -2.69. The molecule has 0 amide bonds. The van der Waals surface area contributed by atoms with E-state index in [-0.39, 0.29) is 17.8 Å². The Hall–Kier alpha value is -1.17. The summed E-state index contributed by atoms with van der Waals surface area (Å²) in [6.45, 7) is 5.98. The number of halogens is 1. The largest absolute Gasteiger partial charge is 0.491 e. The molecule has 3 rings (SSSR count). The van der Waals surface area contributed by atoms with E-state index in [9.17, 15) is 9.50 Å². The van der Waals surface area contributed by atoms with Gasteiger partial charge in [-0.05, 0) is 37.1 Å². The standard InChI is InChI=1S/C18H26FNO3/c1-18(2)16(15-4-3-9-22-17(15)18)20-10-13(21)11-23-14-7-5-12(19)6-8-14/h5-8,13,15-17,20-21H,3-4,9-11H2,1-2H3/t13-,15+,16+,17+/m0/s1. The summed E-state index contributed by atoms with van der Waals surface area (Å²) in [5, 5.41) is 13.6. The van der Waals surface area contributed by atoms with E-state index in [1.807, 2.05) is 0 Å². The van der Waals surface area contributed by atoms with Gasteiger partial charge in [-0.3, -0.25) is 0 Å². The third kappa shape index (κ3) is 3.52. The Kier molecular flexibility index (Phi) is 4.90. The average Bonchev–Trinajstić information content (AvgIpc) is 2.54. The maximum Gasteiger partial charge on any atom is 0.123 e. The van der Waals surface area contributed by atoms with Gasteiger partial charge >= 0.3 is 0 Å². The van der Waals surface area contributed by atoms with Crippen LogP contribution in [0.25, 0.3) is 0 Å². The summed E-state index contributed by atoms with van der Waals surface area (Å²) >= 11 is 0. The number of aliphatic hydroxyl groups is 1. The fourth-order valence-electron chi connectivity index (χ4n) is 3.98. The van der Waals surface area contributed by atoms with Gasteiger partial charge in [-0.2, -0.15) is 0 Å². The molecule has 0 bridgehead atoms. The van der Waals surface area contributed by atoms with Crippen molar-refractivity contribution in [2.24, 2.45) is 11.3 Å². The number of hydrogen-bond acceptors (Lipinski definition) is 4. The summed E-state index contributed by atoms with van der Waals surface area (Å²) in [6.07, 6.45) is 2.04. The zero-order chi connectivity index (χ0) is 16.4. The molecule has 0 unspecified atom stereocenters. The molecule has 1 aromatic carbocycles. The van der Waals surface area contributed by atoms with Gasteiger partial charge in [-0.15, -0.1) is 0 Å². The van der Waals surface area contributed by atoms with Crippen molar-refractivity contribution in [3.8, 4) is 5.75 Å². The van der Waals surface area contributed by atoms with Crippen LogP contribution >= 0.6 is 0 Å². The SMILES string of the molecule is CC1(C)[C@H](NC[C@H](O)COc2ccc(F)cc2)[C@H]2CCCO[C@H]21. The molecule has 4 atom stereocenters. The van der Waals surface area contributed by atoms with Crippen molar-refractivity contribution in [1.82, 2.24) is 5.32 Å². The van der Waals surface area contributed by atoms with Crippen molar-refractivity contribution < 1.29 is 19.0 Å². The molecule has 2 fully saturated rings. The lowest BCUT2D eigenvalue weighted by atomic mass is 9.55. The van der Waals surface area contributed by atoms with Crippen molar-refractivity contribution >= 4 is 0 Å². The fraction of sp³-hybridized carbons (Fsp3) is 0.667. The van der Waals surface area contributed by atoms with Crippen LogP contribution in [0.5, 0.6) is 5.75 Å². The van der Waals surface area contributed by atoms with E-state index in [2.05, 4.69) is 19.2 Å². The highest BCUT2D eigenvalue weighted by Gasteiger charge is 2.57. The number of ether oxygens (including phenoxy) is 2. The van der Waals surface area contributed by atoms with Crippen molar-refractivity contribution in [2.75, 3.05) is 19.8 Å². The van der Waals surface area contributed by atoms with Gasteiger partial charge in [-0.1, -0.05) is 13.8 Å². The second-order valence-corrected chi connectivity index (χ2v) is 7.22. The summed E-state index contributed by atoms with van der Waals surface area (Å²) in [7, 11) is 0. The van der Waals surface area contributed by atoms with Crippen molar-refractivity contribution in [3.63, 3.8) is 0 Å². The minimum atomic E-state index is -0.598. The second kappa shape index (κ2) is 6.75. The van der Waals surface area contributed by atoms with Crippen LogP contribution in [0.1, 0.15) is 26.7 Å². The highest BCUT2D eigenvalue weighted by molar-refractivity contribution is 5.22. The molecular weight excluding hydrogens is 297 g/mol. The summed E-state index contributed by atoms with van der Waals surface area (Å²) in [5.41, 5.74) is 0.0998. The van der Waals surface area contributed by atoms with E-state index >= 15 is 0 Å². The fourth-order valence-corrected chi connectivity index (χ4v) is 3.98. The minimum Gasteiger partial charge on any atom is -0.491 e. The molecule has 5 heteroatoms. The zero-order valence-corrected chi connectivity index (χ0v) is 13.8. The van der Waals surface area contributed by atoms with Gasteiger partial charge in [0.05, 0.1) is 6.10 Å². The van der Waals surface area contributed by atoms with Gasteiger partial charge in [0.15, 0.2) is 0 Å². The molecule has 0 radical (unpaired) electrons. The van der Waals surface area contributed by atoms with Crippen LogP contribution in [0, 0.1) is 17.2 Å². The maximum atomic E-state index is 12.8. The van der Waals surface area contributed by atoms with Crippen molar-refractivity contribution in [3.05, 3.63) is 30.1 Å². The Labute approximate surface area is 137 Å². The first-order valence-electron chi connectivity index (χ1n) is 8.40. The molecule has 2 N–H and O–H groups in total. The van der Waals surface area contributed by atoms with Gasteiger partial charge in [0.1, 0.15) is 24.3 Å². The zero-order valence-electron chi connectivity index (χ0n) is 13.8. The van der Waals surface area contributed by atoms with E-state index in [0.29, 0.717) is 30.4 Å². The van der Waals surface area contributed by atoms with Crippen molar-refractivity contribution in [1.29, 1.82) is 0 Å². The molecule has 1 heterocycles. The lowest BCUT2D eigenvalue weighted by Gasteiger charge is -2.60. The normalized spacial score (nSPS) is 30.2. The molecule has 1 aromatic rings. The molecule has 1 aliphatic heterocycles. The van der Waals surface area contributed by atoms with E-state index in [1.54, 1.807) is 12.1 Å². The lowest BCUT2D eigenvalue weighted by molar-refractivity contribution is -0.193. The Morgan fingerprint density at radius 3 is 2.87 bits per heavy atom. The van der Waals surface area contributed by atoms with Gasteiger partial charge in [0.2, 0.25) is 0 Å². The molecule has 23 heavy (non-hydrogen) atoms. The third-order valence-corrected chi connectivity index (χ3v) is 5.16. The molecule has 2 aliphatic rings. The van der Waals surface area contributed by atoms with Crippen LogP contribution < -0.4 is 10.1 Å². The van der Waals surface area contributed by atoms with E-state index in [4.69, 9.17) is 9.47 Å². The molecule has 0 spiro atoms. The van der Waals surface area contributed by atoms with Crippen LogP contribution in [-0.2, 0) is 4.74 Å². The predicted molar refractivity (Wildman–Crippen MR) is 85.9 cm³/mol. The van der Waals surface area contributed by atoms with Crippen LogP contribution in [-0.4, -0.2) is 43.1 Å². The minimum absolute atomic E-state index is 0.0998. The van der Waals surface area contributed by atoms with E-state index in [1.165, 1.54) is 18.6 Å². The smallest absolute Gasteiger partial charge is 0.123 e. The summed E-state index contributed by atoms with van der Waals surface area (Å²) in [6, 6.07) is 6.19. The average molecular weight is 323 g/mol. The highest BCUT2D eigenvalue weighted by atomic mass is 19.1. The summed E-state index contributed by atoms with van der Waals surface area (Å²) < 4.78 is 24.2. The van der Waals surface area contributed by atoms with Crippen molar-refractivity contribution in [2.45, 2.75) is 44.9 Å². The maximum absolute atomic E-state index is 12.8. The number of aliphatic hydroxyl groups excluding tert-OH is 1. The number of nitrogens with one attached hydrogen (secondary N) is 1. The topological polar surface area (TPSA) is 50.7 Å². The quantitative estimate of drug-likeness (QED) is 0.844. The molecular formula is C18H26FNO3. The molecule has 0 aromatic heterocycles. The molecule has 1 saturated carbocycles. The first-order chi connectivity index (χ1) is 11.0. The first kappa shape index (κ1) is 16.7. The van der Waals surface area contributed by atoms with E-state index < -0.39 is 6.10 Å². The van der Waals surface area contributed by atoms with Gasteiger partial charge < -0.3 is 19.9 Å². The number of fused-ring (bicyclic) bond motifs is 1. The first-order valence-corrected chi connectivity index (χ1v) is 8.40. The molecule has 1 saturated heterocycles. The third-order valence-electron chi connectivity index (χ3n) is 5.16.